The van der Waals surface area contributed by atoms with Crippen LogP contribution in [0.25, 0.3) is 0 Å². The van der Waals surface area contributed by atoms with Crippen LogP contribution in [0, 0.1) is 0 Å². The molecule has 2 aromatic heterocycles. The van der Waals surface area contributed by atoms with Gasteiger partial charge in [0, 0.05) is 13.7 Å². The van der Waals surface area contributed by atoms with Gasteiger partial charge in [-0.05, 0) is 34.5 Å². The molecule has 0 aromatic carbocycles. The third-order valence-corrected chi connectivity index (χ3v) is 3.86. The predicted octanol–water partition coefficient (Wildman–Crippen LogP) is 2.12. The number of aromatic nitrogens is 3. The lowest BCUT2D eigenvalue weighted by Crippen LogP contribution is -2.25. The molecule has 2 aromatic rings. The molecular formula is C12H15BrN4O2. The number of hydrogen-bond acceptors (Lipinski definition) is 5. The minimum Gasteiger partial charge on any atom is -0.453 e. The van der Waals surface area contributed by atoms with Crippen molar-refractivity contribution >= 4 is 15.9 Å². The van der Waals surface area contributed by atoms with E-state index >= 15 is 0 Å². The van der Waals surface area contributed by atoms with Gasteiger partial charge in [0.2, 0.25) is 0 Å². The van der Waals surface area contributed by atoms with Crippen molar-refractivity contribution in [3.8, 4) is 0 Å². The van der Waals surface area contributed by atoms with Crippen molar-refractivity contribution in [3.05, 3.63) is 34.7 Å². The second-order valence-corrected chi connectivity index (χ2v) is 5.40. The van der Waals surface area contributed by atoms with Gasteiger partial charge in [-0.25, -0.2) is 4.98 Å². The van der Waals surface area contributed by atoms with Crippen molar-refractivity contribution in [3.63, 3.8) is 0 Å². The van der Waals surface area contributed by atoms with E-state index in [1.807, 2.05) is 12.1 Å². The van der Waals surface area contributed by atoms with Crippen molar-refractivity contribution in [2.24, 2.45) is 0 Å². The van der Waals surface area contributed by atoms with Gasteiger partial charge < -0.3 is 9.15 Å². The summed E-state index contributed by atoms with van der Waals surface area (Å²) in [4.78, 5) is 6.55. The molecule has 6 nitrogen and oxygen atoms in total. The number of hydrogen-bond donors (Lipinski definition) is 1. The van der Waals surface area contributed by atoms with Crippen LogP contribution < -0.4 is 0 Å². The average molecular weight is 327 g/mol. The number of halogens is 1. The summed E-state index contributed by atoms with van der Waals surface area (Å²) in [6.07, 6.45) is 2.67. The van der Waals surface area contributed by atoms with Gasteiger partial charge in [0.05, 0.1) is 18.7 Å². The molecule has 1 aliphatic rings. The molecule has 3 heterocycles. The second kappa shape index (κ2) is 5.44. The average Bonchev–Trinajstić information content (AvgIpc) is 3.10. The molecule has 7 heteroatoms. The van der Waals surface area contributed by atoms with Gasteiger partial charge in [-0.15, -0.1) is 0 Å². The van der Waals surface area contributed by atoms with Crippen molar-refractivity contribution < 1.29 is 9.15 Å². The lowest BCUT2D eigenvalue weighted by atomic mass is 10.2. The summed E-state index contributed by atoms with van der Waals surface area (Å²) < 4.78 is 11.8. The molecule has 2 atom stereocenters. The Kier molecular flexibility index (Phi) is 3.67. The fourth-order valence-electron chi connectivity index (χ4n) is 2.50. The van der Waals surface area contributed by atoms with E-state index in [4.69, 9.17) is 9.15 Å². The molecule has 0 unspecified atom stereocenters. The number of methoxy groups -OCH3 is 1. The Bertz CT molecular complexity index is 528. The Balaban J connectivity index is 1.77. The van der Waals surface area contributed by atoms with E-state index in [-0.39, 0.29) is 12.1 Å². The van der Waals surface area contributed by atoms with E-state index in [9.17, 15) is 0 Å². The van der Waals surface area contributed by atoms with Gasteiger partial charge in [0.15, 0.2) is 4.67 Å². The fourth-order valence-corrected chi connectivity index (χ4v) is 2.84. The first-order valence-corrected chi connectivity index (χ1v) is 6.92. The molecule has 0 aliphatic carbocycles. The van der Waals surface area contributed by atoms with E-state index in [0.29, 0.717) is 0 Å². The van der Waals surface area contributed by atoms with E-state index < -0.39 is 0 Å². The summed E-state index contributed by atoms with van der Waals surface area (Å²) in [7, 11) is 1.75. The number of aromatic amines is 1. The zero-order valence-corrected chi connectivity index (χ0v) is 12.1. The Hall–Kier alpha value is -1.18. The Morgan fingerprint density at radius 2 is 2.47 bits per heavy atom. The van der Waals surface area contributed by atoms with Gasteiger partial charge in [0.1, 0.15) is 17.9 Å². The summed E-state index contributed by atoms with van der Waals surface area (Å²) in [5, 5.41) is 6.88. The second-order valence-electron chi connectivity index (χ2n) is 4.62. The van der Waals surface area contributed by atoms with Crippen LogP contribution in [0.4, 0.5) is 0 Å². The van der Waals surface area contributed by atoms with Crippen LogP contribution in [0.3, 0.4) is 0 Å². The highest BCUT2D eigenvalue weighted by atomic mass is 79.9. The first kappa shape index (κ1) is 12.8. The molecule has 1 N–H and O–H groups in total. The van der Waals surface area contributed by atoms with Gasteiger partial charge >= 0.3 is 0 Å². The van der Waals surface area contributed by atoms with E-state index in [1.54, 1.807) is 7.11 Å². The zero-order chi connectivity index (χ0) is 13.2. The van der Waals surface area contributed by atoms with Crippen LogP contribution in [0.5, 0.6) is 0 Å². The van der Waals surface area contributed by atoms with Gasteiger partial charge in [-0.1, -0.05) is 0 Å². The third-order valence-electron chi connectivity index (χ3n) is 3.44. The molecular weight excluding hydrogens is 312 g/mol. The molecule has 0 radical (unpaired) electrons. The molecule has 3 rings (SSSR count). The molecule has 0 spiro atoms. The van der Waals surface area contributed by atoms with Crippen molar-refractivity contribution in [2.75, 3.05) is 13.7 Å². The Morgan fingerprint density at radius 1 is 1.58 bits per heavy atom. The van der Waals surface area contributed by atoms with E-state index in [0.717, 1.165) is 35.8 Å². The lowest BCUT2D eigenvalue weighted by Gasteiger charge is -2.20. The monoisotopic (exact) mass is 326 g/mol. The van der Waals surface area contributed by atoms with E-state index in [2.05, 4.69) is 36.0 Å². The maximum absolute atomic E-state index is 5.57. The molecule has 0 amide bonds. The normalized spacial score (nSPS) is 24.1. The van der Waals surface area contributed by atoms with Gasteiger partial charge in [-0.2, -0.15) is 5.10 Å². The van der Waals surface area contributed by atoms with Crippen molar-refractivity contribution in [1.29, 1.82) is 0 Å². The van der Waals surface area contributed by atoms with Crippen LogP contribution in [-0.2, 0) is 11.3 Å². The third kappa shape index (κ3) is 2.72. The van der Waals surface area contributed by atoms with Crippen LogP contribution in [0.2, 0.25) is 0 Å². The number of nitrogens with zero attached hydrogens (tertiary/aromatic N) is 3. The fraction of sp³-hybridized carbons (Fsp3) is 0.500. The smallest absolute Gasteiger partial charge is 0.169 e. The van der Waals surface area contributed by atoms with Gasteiger partial charge in [-0.3, -0.25) is 10.00 Å². The summed E-state index contributed by atoms with van der Waals surface area (Å²) in [5.74, 6) is 1.80. The SMILES string of the molecule is CO[C@@H]1C[C@@H](c2ncn[nH]2)N(Cc2ccc(Br)o2)C1. The summed E-state index contributed by atoms with van der Waals surface area (Å²) in [6.45, 7) is 1.59. The van der Waals surface area contributed by atoms with Crippen LogP contribution in [0.15, 0.2) is 27.5 Å². The number of rotatable bonds is 4. The summed E-state index contributed by atoms with van der Waals surface area (Å²) >= 11 is 3.32. The summed E-state index contributed by atoms with van der Waals surface area (Å²) in [6, 6.07) is 4.07. The lowest BCUT2D eigenvalue weighted by molar-refractivity contribution is 0.106. The van der Waals surface area contributed by atoms with Crippen LogP contribution >= 0.6 is 15.9 Å². The largest absolute Gasteiger partial charge is 0.453 e. The highest BCUT2D eigenvalue weighted by Crippen LogP contribution is 2.32. The standard InChI is InChI=1S/C12H15BrN4O2/c1-18-9-4-10(12-14-7-15-16-12)17(6-9)5-8-2-3-11(13)19-8/h2-3,7,9-10H,4-6H2,1H3,(H,14,15,16)/t9-,10+/m1/s1. The quantitative estimate of drug-likeness (QED) is 0.932. The van der Waals surface area contributed by atoms with Crippen LogP contribution in [0.1, 0.15) is 24.0 Å². The molecule has 0 saturated carbocycles. The number of H-pyrrole nitrogens is 1. The molecule has 102 valence electrons. The topological polar surface area (TPSA) is 67.2 Å². The molecule has 19 heavy (non-hydrogen) atoms. The number of likely N-dealkylation sites (tertiary alicyclic amines) is 1. The maximum Gasteiger partial charge on any atom is 0.169 e. The van der Waals surface area contributed by atoms with Crippen molar-refractivity contribution in [1.82, 2.24) is 20.1 Å². The van der Waals surface area contributed by atoms with Gasteiger partial charge in [0.25, 0.3) is 0 Å². The molecule has 1 saturated heterocycles. The van der Waals surface area contributed by atoms with Crippen LogP contribution in [-0.4, -0.2) is 39.8 Å². The Labute approximate surface area is 119 Å². The number of nitrogens with one attached hydrogen (secondary N) is 1. The predicted molar refractivity (Wildman–Crippen MR) is 71.4 cm³/mol. The minimum absolute atomic E-state index is 0.191. The summed E-state index contributed by atoms with van der Waals surface area (Å²) in [5.41, 5.74) is 0. The zero-order valence-electron chi connectivity index (χ0n) is 10.5. The van der Waals surface area contributed by atoms with E-state index in [1.165, 1.54) is 6.33 Å². The highest BCUT2D eigenvalue weighted by molar-refractivity contribution is 9.10. The molecule has 0 bridgehead atoms. The first-order valence-electron chi connectivity index (χ1n) is 6.12. The molecule has 1 aliphatic heterocycles. The maximum atomic E-state index is 5.57. The highest BCUT2D eigenvalue weighted by Gasteiger charge is 2.35. The first-order chi connectivity index (χ1) is 9.26. The number of furan rings is 1. The Morgan fingerprint density at radius 3 is 3.11 bits per heavy atom. The molecule has 1 fully saturated rings. The minimum atomic E-state index is 0.191. The number of ether oxygens (including phenoxy) is 1. The van der Waals surface area contributed by atoms with Crippen molar-refractivity contribution in [2.45, 2.75) is 25.1 Å².